The van der Waals surface area contributed by atoms with Gasteiger partial charge in [-0.3, -0.25) is 9.59 Å². The summed E-state index contributed by atoms with van der Waals surface area (Å²) < 4.78 is 0. The molecule has 4 atom stereocenters. The minimum absolute atomic E-state index is 0.126. The molecule has 1 aromatic carbocycles. The third kappa shape index (κ3) is 1.55. The second-order valence-corrected chi connectivity index (χ2v) is 9.43. The number of ketones is 1. The second kappa shape index (κ2) is 4.72. The summed E-state index contributed by atoms with van der Waals surface area (Å²) in [5, 5.41) is 0. The molecule has 0 radical (unpaired) electrons. The fourth-order valence-electron chi connectivity index (χ4n) is 5.52. The van der Waals surface area contributed by atoms with Gasteiger partial charge in [-0.25, -0.2) is 0 Å². The summed E-state index contributed by atoms with van der Waals surface area (Å²) in [7, 11) is 0. The Kier molecular flexibility index (Phi) is 3.21. The Hall–Kier alpha value is -1.16. The van der Waals surface area contributed by atoms with Gasteiger partial charge in [0.2, 0.25) is 5.91 Å². The van der Waals surface area contributed by atoms with Gasteiger partial charge in [-0.1, -0.05) is 54.9 Å². The van der Waals surface area contributed by atoms with Crippen LogP contribution >= 0.6 is 15.9 Å². The summed E-state index contributed by atoms with van der Waals surface area (Å²) >= 11 is 3.64. The van der Waals surface area contributed by atoms with Crippen LogP contribution in [0.3, 0.4) is 0 Å². The predicted octanol–water partition coefficient (Wildman–Crippen LogP) is 4.12. The highest BCUT2D eigenvalue weighted by atomic mass is 79.9. The van der Waals surface area contributed by atoms with Crippen LogP contribution in [-0.2, 0) is 16.0 Å². The average molecular weight is 390 g/mol. The van der Waals surface area contributed by atoms with Crippen LogP contribution < -0.4 is 4.90 Å². The molecule has 4 heteroatoms. The normalized spacial score (nSPS) is 39.4. The van der Waals surface area contributed by atoms with Gasteiger partial charge in [0.1, 0.15) is 0 Å². The molecule has 2 fully saturated rings. The van der Waals surface area contributed by atoms with Crippen molar-refractivity contribution in [2.24, 2.45) is 16.2 Å². The summed E-state index contributed by atoms with van der Waals surface area (Å²) in [6.07, 6.45) is 2.47. The lowest BCUT2D eigenvalue weighted by Crippen LogP contribution is -2.54. The molecule has 3 nitrogen and oxygen atoms in total. The minimum atomic E-state index is -0.648. The number of rotatable bonds is 1. The first kappa shape index (κ1) is 16.3. The standard InChI is InChI=1S/C20H24BrNO2/c1-12-11-13-7-5-6-8-14(13)22(12)17(24)20-10-9-19(4,18(20,2)3)16(23)15(20)21/h5-8,12,15H,9-11H2,1-4H3/t12-,15+,19-,20+/m0/s1. The number of para-hydroxylation sites is 1. The zero-order chi connectivity index (χ0) is 17.5. The summed E-state index contributed by atoms with van der Waals surface area (Å²) in [5.41, 5.74) is 0.834. The van der Waals surface area contributed by atoms with Crippen molar-refractivity contribution >= 4 is 33.3 Å². The quantitative estimate of drug-likeness (QED) is 0.677. The zero-order valence-electron chi connectivity index (χ0n) is 14.7. The maximum Gasteiger partial charge on any atom is 0.235 e. The Bertz CT molecular complexity index is 758. The highest BCUT2D eigenvalue weighted by Gasteiger charge is 2.77. The number of carbonyl (C=O) groups excluding carboxylic acids is 2. The van der Waals surface area contributed by atoms with E-state index < -0.39 is 10.8 Å². The molecule has 1 aromatic rings. The largest absolute Gasteiger partial charge is 0.308 e. The van der Waals surface area contributed by atoms with Gasteiger partial charge in [-0.15, -0.1) is 0 Å². The van der Waals surface area contributed by atoms with Gasteiger partial charge < -0.3 is 4.90 Å². The molecule has 2 saturated carbocycles. The topological polar surface area (TPSA) is 37.4 Å². The molecule has 1 amide bonds. The van der Waals surface area contributed by atoms with Crippen molar-refractivity contribution < 1.29 is 9.59 Å². The van der Waals surface area contributed by atoms with Crippen molar-refractivity contribution in [1.82, 2.24) is 0 Å². The molecule has 0 unspecified atom stereocenters. The molecule has 4 rings (SSSR count). The molecule has 1 aliphatic heterocycles. The lowest BCUT2D eigenvalue weighted by atomic mass is 9.64. The number of hydrogen-bond donors (Lipinski definition) is 0. The Labute approximate surface area is 151 Å². The number of amides is 1. The van der Waals surface area contributed by atoms with Crippen molar-refractivity contribution in [3.05, 3.63) is 29.8 Å². The van der Waals surface area contributed by atoms with Crippen LogP contribution in [0.25, 0.3) is 0 Å². The van der Waals surface area contributed by atoms with E-state index in [1.165, 1.54) is 5.56 Å². The molecule has 1 heterocycles. The number of Topliss-reactive ketones (excluding diaryl/α,β-unsaturated/α-hetero) is 1. The van der Waals surface area contributed by atoms with E-state index >= 15 is 0 Å². The minimum Gasteiger partial charge on any atom is -0.308 e. The maximum absolute atomic E-state index is 13.9. The van der Waals surface area contributed by atoms with Crippen LogP contribution in [0.15, 0.2) is 24.3 Å². The van der Waals surface area contributed by atoms with Gasteiger partial charge in [0.15, 0.2) is 5.78 Å². The van der Waals surface area contributed by atoms with E-state index in [1.54, 1.807) is 0 Å². The van der Waals surface area contributed by atoms with Crippen molar-refractivity contribution in [2.75, 3.05) is 4.90 Å². The van der Waals surface area contributed by atoms with Crippen molar-refractivity contribution in [2.45, 2.75) is 57.8 Å². The highest BCUT2D eigenvalue weighted by molar-refractivity contribution is 9.10. The third-order valence-corrected chi connectivity index (χ3v) is 8.73. The molecule has 2 bridgehead atoms. The van der Waals surface area contributed by atoms with Crippen molar-refractivity contribution in [1.29, 1.82) is 0 Å². The van der Waals surface area contributed by atoms with Crippen LogP contribution in [0.5, 0.6) is 0 Å². The van der Waals surface area contributed by atoms with Crippen LogP contribution in [0, 0.1) is 16.2 Å². The van der Waals surface area contributed by atoms with E-state index in [-0.39, 0.29) is 28.0 Å². The molecule has 0 N–H and O–H groups in total. The number of halogens is 1. The van der Waals surface area contributed by atoms with Crippen LogP contribution in [-0.4, -0.2) is 22.6 Å². The first-order valence-corrected chi connectivity index (χ1v) is 9.70. The SMILES string of the molecule is C[C@H]1Cc2ccccc2N1C(=O)[C@@]12CC[C@@](C)(C(=O)[C@H]1Br)C2(C)C. The van der Waals surface area contributed by atoms with Gasteiger partial charge in [0.25, 0.3) is 0 Å². The molecule has 3 aliphatic rings. The molecule has 24 heavy (non-hydrogen) atoms. The van der Waals surface area contributed by atoms with E-state index in [2.05, 4.69) is 42.8 Å². The van der Waals surface area contributed by atoms with Crippen LogP contribution in [0.1, 0.15) is 46.1 Å². The molecular weight excluding hydrogens is 366 g/mol. The first-order chi connectivity index (χ1) is 11.2. The van der Waals surface area contributed by atoms with Crippen LogP contribution in [0.2, 0.25) is 0 Å². The highest BCUT2D eigenvalue weighted by Crippen LogP contribution is 2.72. The number of carbonyl (C=O) groups is 2. The molecule has 2 aliphatic carbocycles. The number of hydrogen-bond acceptors (Lipinski definition) is 2. The summed E-state index contributed by atoms with van der Waals surface area (Å²) in [6, 6.07) is 8.30. The number of benzene rings is 1. The third-order valence-electron chi connectivity index (χ3n) is 7.53. The second-order valence-electron chi connectivity index (χ2n) is 8.51. The molecule has 0 aromatic heterocycles. The predicted molar refractivity (Wildman–Crippen MR) is 98.4 cm³/mol. The van der Waals surface area contributed by atoms with Crippen molar-refractivity contribution in [3.8, 4) is 0 Å². The number of alkyl halides is 1. The molecule has 0 saturated heterocycles. The van der Waals surface area contributed by atoms with Gasteiger partial charge in [-0.2, -0.15) is 0 Å². The summed E-state index contributed by atoms with van der Waals surface area (Å²) in [4.78, 5) is 28.4. The zero-order valence-corrected chi connectivity index (χ0v) is 16.3. The van der Waals surface area contributed by atoms with Crippen molar-refractivity contribution in [3.63, 3.8) is 0 Å². The molecular formula is C20H24BrNO2. The fraction of sp³-hybridized carbons (Fsp3) is 0.600. The Morgan fingerprint density at radius 3 is 2.50 bits per heavy atom. The van der Waals surface area contributed by atoms with E-state index in [9.17, 15) is 9.59 Å². The van der Waals surface area contributed by atoms with Gasteiger partial charge in [0.05, 0.1) is 10.2 Å². The van der Waals surface area contributed by atoms with Gasteiger partial charge >= 0.3 is 0 Å². The Morgan fingerprint density at radius 1 is 1.21 bits per heavy atom. The Balaban J connectivity index is 1.85. The van der Waals surface area contributed by atoms with Crippen LogP contribution in [0.4, 0.5) is 5.69 Å². The van der Waals surface area contributed by atoms with Gasteiger partial charge in [-0.05, 0) is 43.2 Å². The number of fused-ring (bicyclic) bond motifs is 3. The molecule has 128 valence electrons. The summed E-state index contributed by atoms with van der Waals surface area (Å²) in [6.45, 7) is 8.39. The van der Waals surface area contributed by atoms with Gasteiger partial charge in [0, 0.05) is 17.1 Å². The average Bonchev–Trinajstić information content (AvgIpc) is 3.01. The first-order valence-electron chi connectivity index (χ1n) is 8.78. The fourth-order valence-corrected chi connectivity index (χ4v) is 7.02. The lowest BCUT2D eigenvalue weighted by Gasteiger charge is -2.43. The lowest BCUT2D eigenvalue weighted by molar-refractivity contribution is -0.133. The van der Waals surface area contributed by atoms with E-state index in [1.807, 2.05) is 30.0 Å². The monoisotopic (exact) mass is 389 g/mol. The smallest absolute Gasteiger partial charge is 0.235 e. The summed E-state index contributed by atoms with van der Waals surface area (Å²) in [5.74, 6) is 0.327. The van der Waals surface area contributed by atoms with E-state index in [0.29, 0.717) is 0 Å². The van der Waals surface area contributed by atoms with E-state index in [4.69, 9.17) is 0 Å². The molecule has 0 spiro atoms. The van der Waals surface area contributed by atoms with E-state index in [0.717, 1.165) is 24.9 Å². The number of anilines is 1. The number of nitrogens with zero attached hydrogens (tertiary/aromatic N) is 1. The Morgan fingerprint density at radius 2 is 1.88 bits per heavy atom. The maximum atomic E-state index is 13.9.